The van der Waals surface area contributed by atoms with Crippen LogP contribution in [0, 0.1) is 12.8 Å². The third-order valence-corrected chi connectivity index (χ3v) is 16.5. The summed E-state index contributed by atoms with van der Waals surface area (Å²) in [5.74, 6) is 0.323. The minimum atomic E-state index is -0.346. The fourth-order valence-electron chi connectivity index (χ4n) is 12.5. The van der Waals surface area contributed by atoms with E-state index in [2.05, 4.69) is 240 Å². The lowest BCUT2D eigenvalue weighted by atomic mass is 9.56. The normalized spacial score (nSPS) is 19.7. The van der Waals surface area contributed by atoms with Gasteiger partial charge < -0.3 is 14.7 Å². The molecule has 3 aliphatic carbocycles. The van der Waals surface area contributed by atoms with Crippen molar-refractivity contribution >= 4 is 45.4 Å². The van der Waals surface area contributed by atoms with Gasteiger partial charge in [0.05, 0.1) is 11.4 Å². The van der Waals surface area contributed by atoms with E-state index in [1.165, 1.54) is 101 Å². The first-order valence-corrected chi connectivity index (χ1v) is 25.1. The van der Waals surface area contributed by atoms with Crippen molar-refractivity contribution in [1.29, 1.82) is 0 Å². The van der Waals surface area contributed by atoms with Crippen molar-refractivity contribution in [2.45, 2.75) is 104 Å². The highest BCUT2D eigenvalue weighted by molar-refractivity contribution is 5.95. The molecule has 0 saturated heterocycles. The Morgan fingerprint density at radius 3 is 1.72 bits per heavy atom. The van der Waals surface area contributed by atoms with E-state index >= 15 is 0 Å². The van der Waals surface area contributed by atoms with Crippen molar-refractivity contribution in [2.75, 3.05) is 14.7 Å². The Hall–Kier alpha value is -6.84. The number of rotatable bonds is 8. The molecule has 6 aromatic rings. The van der Waals surface area contributed by atoms with Crippen LogP contribution < -0.4 is 14.7 Å². The average molecular weight is 886 g/mol. The van der Waals surface area contributed by atoms with Crippen LogP contribution in [0.2, 0.25) is 0 Å². The third-order valence-electron chi connectivity index (χ3n) is 16.5. The first kappa shape index (κ1) is 42.5. The lowest BCUT2D eigenvalue weighted by Gasteiger charge is -2.59. The van der Waals surface area contributed by atoms with E-state index in [0.29, 0.717) is 5.92 Å². The quantitative estimate of drug-likeness (QED) is 0.151. The van der Waals surface area contributed by atoms with Gasteiger partial charge in [0, 0.05) is 62.0 Å². The molecule has 6 aliphatic rings. The number of hydrogen-bond acceptors (Lipinski definition) is 3. The lowest BCUT2D eigenvalue weighted by molar-refractivity contribution is 0.335. The van der Waals surface area contributed by atoms with E-state index in [1.807, 2.05) is 0 Å². The Balaban J connectivity index is 1.09. The molecular formula is C65H63N3. The maximum atomic E-state index is 2.77. The summed E-state index contributed by atoms with van der Waals surface area (Å²) in [7, 11) is 0. The molecule has 3 aliphatic heterocycles. The van der Waals surface area contributed by atoms with Crippen LogP contribution in [0.15, 0.2) is 192 Å². The van der Waals surface area contributed by atoms with E-state index in [9.17, 15) is 0 Å². The zero-order chi connectivity index (χ0) is 46.7. The predicted octanol–water partition coefficient (Wildman–Crippen LogP) is 17.8. The van der Waals surface area contributed by atoms with Crippen molar-refractivity contribution in [3.63, 3.8) is 0 Å². The van der Waals surface area contributed by atoms with Crippen molar-refractivity contribution in [3.05, 3.63) is 226 Å². The van der Waals surface area contributed by atoms with Crippen LogP contribution >= 0.6 is 0 Å². The molecule has 0 fully saturated rings. The summed E-state index contributed by atoms with van der Waals surface area (Å²) in [5.41, 5.74) is 25.7. The first-order valence-electron chi connectivity index (χ1n) is 25.1. The summed E-state index contributed by atoms with van der Waals surface area (Å²) in [6.07, 6.45) is 21.9. The Labute approximate surface area is 404 Å². The molecule has 6 aromatic carbocycles. The van der Waals surface area contributed by atoms with Crippen molar-refractivity contribution < 1.29 is 0 Å². The summed E-state index contributed by atoms with van der Waals surface area (Å²) >= 11 is 0. The Morgan fingerprint density at radius 2 is 1.09 bits per heavy atom. The van der Waals surface area contributed by atoms with Gasteiger partial charge in [-0.2, -0.15) is 0 Å². The van der Waals surface area contributed by atoms with Crippen molar-refractivity contribution in [2.24, 2.45) is 5.92 Å². The second-order valence-corrected chi connectivity index (χ2v) is 21.9. The zero-order valence-corrected chi connectivity index (χ0v) is 41.1. The Kier molecular flexibility index (Phi) is 9.76. The van der Waals surface area contributed by atoms with Gasteiger partial charge >= 0.3 is 0 Å². The highest BCUT2D eigenvalue weighted by Crippen LogP contribution is 2.67. The smallest absolute Gasteiger partial charge is 0.0542 e. The van der Waals surface area contributed by atoms with Gasteiger partial charge in [-0.05, 0) is 163 Å². The van der Waals surface area contributed by atoms with Crippen LogP contribution in [-0.4, -0.2) is 0 Å². The second-order valence-electron chi connectivity index (χ2n) is 21.9. The number of hydrogen-bond donors (Lipinski definition) is 0. The molecule has 1 unspecified atom stereocenters. The molecule has 68 heavy (non-hydrogen) atoms. The summed E-state index contributed by atoms with van der Waals surface area (Å²) < 4.78 is 0. The highest BCUT2D eigenvalue weighted by atomic mass is 15.2. The average Bonchev–Trinajstić information content (AvgIpc) is 3.35. The molecule has 3 heteroatoms. The Morgan fingerprint density at radius 1 is 0.515 bits per heavy atom. The molecule has 338 valence electrons. The number of aryl methyl sites for hydroxylation is 1. The molecule has 12 rings (SSSR count). The monoisotopic (exact) mass is 886 g/mol. The van der Waals surface area contributed by atoms with Gasteiger partial charge in [0.2, 0.25) is 0 Å². The fourth-order valence-corrected chi connectivity index (χ4v) is 12.5. The predicted molar refractivity (Wildman–Crippen MR) is 288 cm³/mol. The van der Waals surface area contributed by atoms with Gasteiger partial charge in [0.25, 0.3) is 0 Å². The second kappa shape index (κ2) is 15.6. The van der Waals surface area contributed by atoms with E-state index in [0.717, 1.165) is 43.5 Å². The number of benzene rings is 6. The highest BCUT2D eigenvalue weighted by Gasteiger charge is 2.55. The Bertz CT molecular complexity index is 3220. The van der Waals surface area contributed by atoms with Gasteiger partial charge in [0.15, 0.2) is 0 Å². The lowest BCUT2D eigenvalue weighted by Crippen LogP contribution is -2.50. The van der Waals surface area contributed by atoms with Gasteiger partial charge in [-0.1, -0.05) is 156 Å². The number of allylic oxidation sites excluding steroid dienone is 12. The maximum absolute atomic E-state index is 2.77. The summed E-state index contributed by atoms with van der Waals surface area (Å²) in [6.45, 7) is 19.5. The van der Waals surface area contributed by atoms with E-state index in [4.69, 9.17) is 0 Å². The molecule has 0 amide bonds. The molecule has 0 N–H and O–H groups in total. The molecule has 0 saturated carbocycles. The van der Waals surface area contributed by atoms with Crippen molar-refractivity contribution in [3.8, 4) is 11.1 Å². The van der Waals surface area contributed by atoms with Gasteiger partial charge in [-0.15, -0.1) is 0 Å². The van der Waals surface area contributed by atoms with E-state index < -0.39 is 0 Å². The topological polar surface area (TPSA) is 9.72 Å². The van der Waals surface area contributed by atoms with E-state index in [1.54, 1.807) is 0 Å². The standard InChI is InChI=1S/C65H63N3/c1-42-22-30-48(31-23-42)66(50-34-26-46(27-35-50)44-16-11-9-12-17-44)52-38-56-61-58(40-52)65(7,8)59-41-53(39-57-62(59)68(61)60-54(63(56,3)4)20-15-21-55(60)64(57,5)6)67(49-32-24-43(2)25-33-49)51-36-28-47(29-37-51)45-18-13-10-14-19-45/h9,11-13,15-19,21-24,26-32,34-41,54H,10,14,20,25,33H2,1-8H3. The van der Waals surface area contributed by atoms with Crippen LogP contribution in [0.5, 0.6) is 0 Å². The van der Waals surface area contributed by atoms with Crippen LogP contribution in [0.4, 0.5) is 39.8 Å². The molecule has 0 spiro atoms. The van der Waals surface area contributed by atoms with Crippen LogP contribution in [0.25, 0.3) is 16.7 Å². The third kappa shape index (κ3) is 6.52. The van der Waals surface area contributed by atoms with Crippen LogP contribution in [0.3, 0.4) is 0 Å². The minimum absolute atomic E-state index is 0.134. The number of anilines is 7. The SMILES string of the molecule is CC1=CC=C(N(c2ccc(C3=CCCC=C3)cc2)c2cc3c4c(c2)C(C)(C)c2cc(N(c5ccc(C)cc5)c5ccc(-c6ccccc6)cc5)cc5c2N4C2=C(C=CCC2C5(C)C)C3(C)C)CC1. The minimum Gasteiger partial charge on any atom is -0.314 e. The molecule has 1 atom stereocenters. The van der Waals surface area contributed by atoms with Crippen LogP contribution in [-0.2, 0) is 16.2 Å². The van der Waals surface area contributed by atoms with Gasteiger partial charge in [0.1, 0.15) is 0 Å². The summed E-state index contributed by atoms with van der Waals surface area (Å²) in [6, 6.07) is 48.6. The molecule has 3 nitrogen and oxygen atoms in total. The molecule has 3 heterocycles. The van der Waals surface area contributed by atoms with E-state index in [-0.39, 0.29) is 16.2 Å². The molecule has 0 bridgehead atoms. The van der Waals surface area contributed by atoms with Crippen molar-refractivity contribution in [1.82, 2.24) is 0 Å². The fraction of sp³-hybridized carbons (Fsp3) is 0.262. The summed E-state index contributed by atoms with van der Waals surface area (Å²) in [4.78, 5) is 7.86. The zero-order valence-electron chi connectivity index (χ0n) is 41.1. The first-order chi connectivity index (χ1) is 32.8. The van der Waals surface area contributed by atoms with Gasteiger partial charge in [-0.25, -0.2) is 0 Å². The maximum Gasteiger partial charge on any atom is 0.0542 e. The molecule has 0 radical (unpaired) electrons. The molecular weight excluding hydrogens is 823 g/mol. The van der Waals surface area contributed by atoms with Crippen LogP contribution in [0.1, 0.15) is 114 Å². The summed E-state index contributed by atoms with van der Waals surface area (Å²) in [5, 5.41) is 0. The largest absolute Gasteiger partial charge is 0.314 e. The molecule has 0 aromatic heterocycles. The van der Waals surface area contributed by atoms with Gasteiger partial charge in [-0.3, -0.25) is 0 Å². The number of nitrogens with zero attached hydrogens (tertiary/aromatic N) is 3.